The van der Waals surface area contributed by atoms with Gasteiger partial charge in [0, 0.05) is 6.04 Å². The summed E-state index contributed by atoms with van der Waals surface area (Å²) in [6, 6.07) is 8.02. The first-order valence-corrected chi connectivity index (χ1v) is 6.49. The van der Waals surface area contributed by atoms with Crippen LogP contribution in [0.3, 0.4) is 0 Å². The normalized spacial score (nSPS) is 18.3. The Morgan fingerprint density at radius 2 is 2.00 bits per heavy atom. The molecule has 1 unspecified atom stereocenters. The average Bonchev–Trinajstić information content (AvgIpc) is 2.89. The van der Waals surface area contributed by atoms with E-state index in [4.69, 9.17) is 16.3 Å². The van der Waals surface area contributed by atoms with Crippen molar-refractivity contribution in [2.75, 3.05) is 13.2 Å². The number of halogens is 2. The fourth-order valence-corrected chi connectivity index (χ4v) is 2.32. The first-order valence-electron chi connectivity index (χ1n) is 6.11. The Hall–Kier alpha value is -1.10. The smallest absolute Gasteiger partial charge is 0.252 e. The number of nitrogens with zero attached hydrogens (tertiary/aromatic N) is 2. The third-order valence-corrected chi connectivity index (χ3v) is 3.33. The highest BCUT2D eigenvalue weighted by atomic mass is 35.5. The van der Waals surface area contributed by atoms with Gasteiger partial charge in [-0.15, -0.1) is 12.4 Å². The molecule has 4 nitrogen and oxygen atoms in total. The molecule has 6 heteroatoms. The van der Waals surface area contributed by atoms with Gasteiger partial charge in [-0.1, -0.05) is 23.7 Å². The van der Waals surface area contributed by atoms with Crippen LogP contribution >= 0.6 is 24.0 Å². The monoisotopic (exact) mass is 299 g/mol. The highest BCUT2D eigenvalue weighted by molar-refractivity contribution is 6.31. The van der Waals surface area contributed by atoms with Gasteiger partial charge in [-0.25, -0.2) is 9.97 Å². The molecule has 1 aliphatic rings. The third kappa shape index (κ3) is 3.26. The minimum Gasteiger partial charge on any atom is -0.474 e. The van der Waals surface area contributed by atoms with Crippen LogP contribution in [0.1, 0.15) is 12.8 Å². The molecule has 1 atom stereocenters. The van der Waals surface area contributed by atoms with E-state index in [0.717, 1.165) is 24.0 Å². The fourth-order valence-electron chi connectivity index (χ4n) is 2.13. The molecule has 0 saturated carbocycles. The fraction of sp³-hybridized carbons (Fsp3) is 0.385. The Kier molecular flexibility index (Phi) is 4.80. The Labute approximate surface area is 122 Å². The number of hydrogen-bond acceptors (Lipinski definition) is 4. The number of aromatic nitrogens is 2. The minimum atomic E-state index is 0. The van der Waals surface area contributed by atoms with Crippen LogP contribution in [0.15, 0.2) is 24.3 Å². The van der Waals surface area contributed by atoms with Crippen molar-refractivity contribution < 1.29 is 4.74 Å². The number of hydrogen-bond donors (Lipinski definition) is 1. The largest absolute Gasteiger partial charge is 0.474 e. The van der Waals surface area contributed by atoms with Gasteiger partial charge in [0.05, 0.1) is 11.0 Å². The molecule has 1 fully saturated rings. The SMILES string of the molecule is Cl.Clc1nc2ccccc2nc1OCC1CCCN1. The maximum Gasteiger partial charge on any atom is 0.252 e. The molecule has 2 aromatic rings. The molecule has 3 rings (SSSR count). The lowest BCUT2D eigenvalue weighted by Gasteiger charge is -2.12. The van der Waals surface area contributed by atoms with Crippen molar-refractivity contribution in [1.82, 2.24) is 15.3 Å². The molecule has 102 valence electrons. The molecular formula is C13H15Cl2N3O. The molecule has 1 aromatic heterocycles. The van der Waals surface area contributed by atoms with E-state index in [1.54, 1.807) is 0 Å². The molecule has 1 aromatic carbocycles. The van der Waals surface area contributed by atoms with Crippen LogP contribution in [0.2, 0.25) is 5.15 Å². The van der Waals surface area contributed by atoms with Gasteiger partial charge in [0.15, 0.2) is 5.15 Å². The molecular weight excluding hydrogens is 285 g/mol. The molecule has 1 aliphatic heterocycles. The van der Waals surface area contributed by atoms with Crippen LogP contribution < -0.4 is 10.1 Å². The Bertz CT molecular complexity index is 559. The standard InChI is InChI=1S/C13H14ClN3O.ClH/c14-12-13(18-8-9-4-3-7-15-9)17-11-6-2-1-5-10(11)16-12;/h1-2,5-6,9,15H,3-4,7-8H2;1H. The van der Waals surface area contributed by atoms with Crippen molar-refractivity contribution in [3.05, 3.63) is 29.4 Å². The van der Waals surface area contributed by atoms with Crippen molar-refractivity contribution in [2.24, 2.45) is 0 Å². The number of fused-ring (bicyclic) bond motifs is 1. The van der Waals surface area contributed by atoms with Crippen molar-refractivity contribution in [1.29, 1.82) is 0 Å². The van der Waals surface area contributed by atoms with Crippen LogP contribution in [0, 0.1) is 0 Å². The summed E-state index contributed by atoms with van der Waals surface area (Å²) < 4.78 is 5.66. The van der Waals surface area contributed by atoms with Gasteiger partial charge in [-0.2, -0.15) is 0 Å². The molecule has 19 heavy (non-hydrogen) atoms. The topological polar surface area (TPSA) is 47.0 Å². The van der Waals surface area contributed by atoms with Gasteiger partial charge in [0.2, 0.25) is 0 Å². The lowest BCUT2D eigenvalue weighted by molar-refractivity contribution is 0.267. The lowest BCUT2D eigenvalue weighted by atomic mass is 10.2. The lowest BCUT2D eigenvalue weighted by Crippen LogP contribution is -2.28. The highest BCUT2D eigenvalue weighted by Crippen LogP contribution is 2.23. The summed E-state index contributed by atoms with van der Waals surface area (Å²) in [7, 11) is 0. The summed E-state index contributed by atoms with van der Waals surface area (Å²) >= 11 is 6.07. The minimum absolute atomic E-state index is 0. The molecule has 0 radical (unpaired) electrons. The van der Waals surface area contributed by atoms with Crippen LogP contribution in [-0.4, -0.2) is 29.2 Å². The van der Waals surface area contributed by atoms with Crippen molar-refractivity contribution in [2.45, 2.75) is 18.9 Å². The molecule has 0 bridgehead atoms. The van der Waals surface area contributed by atoms with E-state index in [9.17, 15) is 0 Å². The van der Waals surface area contributed by atoms with E-state index in [1.165, 1.54) is 6.42 Å². The molecule has 0 amide bonds. The molecule has 2 heterocycles. The number of ether oxygens (including phenoxy) is 1. The predicted molar refractivity (Wildman–Crippen MR) is 78.3 cm³/mol. The highest BCUT2D eigenvalue weighted by Gasteiger charge is 2.16. The number of benzene rings is 1. The maximum atomic E-state index is 6.07. The zero-order valence-corrected chi connectivity index (χ0v) is 11.9. The second-order valence-electron chi connectivity index (χ2n) is 4.41. The number of nitrogens with one attached hydrogen (secondary N) is 1. The third-order valence-electron chi connectivity index (χ3n) is 3.08. The van der Waals surface area contributed by atoms with Gasteiger partial charge in [-0.05, 0) is 31.5 Å². The predicted octanol–water partition coefficient (Wildman–Crippen LogP) is 2.84. The Balaban J connectivity index is 0.00000133. The Morgan fingerprint density at radius 3 is 2.68 bits per heavy atom. The van der Waals surface area contributed by atoms with E-state index < -0.39 is 0 Å². The molecule has 1 saturated heterocycles. The van der Waals surface area contributed by atoms with Gasteiger partial charge < -0.3 is 10.1 Å². The zero-order chi connectivity index (χ0) is 12.4. The van der Waals surface area contributed by atoms with E-state index in [1.807, 2.05) is 24.3 Å². The van der Waals surface area contributed by atoms with Crippen LogP contribution in [-0.2, 0) is 0 Å². The first-order chi connectivity index (χ1) is 8.83. The van der Waals surface area contributed by atoms with Crippen molar-refractivity contribution in [3.8, 4) is 5.88 Å². The van der Waals surface area contributed by atoms with Crippen LogP contribution in [0.4, 0.5) is 0 Å². The van der Waals surface area contributed by atoms with Gasteiger partial charge in [-0.3, -0.25) is 0 Å². The summed E-state index contributed by atoms with van der Waals surface area (Å²) in [6.45, 7) is 1.65. The summed E-state index contributed by atoms with van der Waals surface area (Å²) in [4.78, 5) is 8.67. The van der Waals surface area contributed by atoms with E-state index >= 15 is 0 Å². The van der Waals surface area contributed by atoms with Crippen molar-refractivity contribution in [3.63, 3.8) is 0 Å². The summed E-state index contributed by atoms with van der Waals surface area (Å²) in [5, 5.41) is 3.69. The van der Waals surface area contributed by atoms with Gasteiger partial charge in [0.25, 0.3) is 5.88 Å². The second kappa shape index (κ2) is 6.37. The van der Waals surface area contributed by atoms with Crippen LogP contribution in [0.5, 0.6) is 5.88 Å². The number of para-hydroxylation sites is 2. The summed E-state index contributed by atoms with van der Waals surface area (Å²) in [5.41, 5.74) is 1.59. The van der Waals surface area contributed by atoms with E-state index in [2.05, 4.69) is 15.3 Å². The second-order valence-corrected chi connectivity index (χ2v) is 4.77. The van der Waals surface area contributed by atoms with E-state index in [0.29, 0.717) is 23.7 Å². The molecule has 1 N–H and O–H groups in total. The molecule has 0 aliphatic carbocycles. The maximum absolute atomic E-state index is 6.07. The first kappa shape index (κ1) is 14.3. The summed E-state index contributed by atoms with van der Waals surface area (Å²) in [6.07, 6.45) is 2.34. The molecule has 0 spiro atoms. The van der Waals surface area contributed by atoms with E-state index in [-0.39, 0.29) is 12.4 Å². The summed E-state index contributed by atoms with van der Waals surface area (Å²) in [5.74, 6) is 0.420. The van der Waals surface area contributed by atoms with Gasteiger partial charge in [0.1, 0.15) is 6.61 Å². The Morgan fingerprint density at radius 1 is 1.26 bits per heavy atom. The van der Waals surface area contributed by atoms with Gasteiger partial charge >= 0.3 is 0 Å². The number of rotatable bonds is 3. The van der Waals surface area contributed by atoms with Crippen LogP contribution in [0.25, 0.3) is 11.0 Å². The quantitative estimate of drug-likeness (QED) is 0.947. The average molecular weight is 300 g/mol. The van der Waals surface area contributed by atoms with Crippen molar-refractivity contribution >= 4 is 35.0 Å². The zero-order valence-electron chi connectivity index (χ0n) is 10.3.